The number of hydrogen-bond donors (Lipinski definition) is 1. The first kappa shape index (κ1) is 17.5. The number of likely N-dealkylation sites (N-methyl/N-ethyl adjacent to an activating group) is 2. The number of rotatable bonds is 8. The molecule has 0 aromatic heterocycles. The molecule has 0 fully saturated rings. The lowest BCUT2D eigenvalue weighted by molar-refractivity contribution is 0.416. The van der Waals surface area contributed by atoms with Crippen molar-refractivity contribution >= 4 is 21.6 Å². The van der Waals surface area contributed by atoms with Gasteiger partial charge in [0.15, 0.2) is 0 Å². The summed E-state index contributed by atoms with van der Waals surface area (Å²) in [5.74, 6) is 0. The molecule has 0 amide bonds. The maximum Gasteiger partial charge on any atom is 0.0375 e. The van der Waals surface area contributed by atoms with E-state index in [9.17, 15) is 0 Å². The lowest BCUT2D eigenvalue weighted by atomic mass is 10.1. The molecular formula is C16H28BrN3. The SMILES string of the molecule is CCCNC(C)c1ccc(N(C)CCN(C)C)cc1Br. The highest BCUT2D eigenvalue weighted by molar-refractivity contribution is 9.10. The molecule has 4 heteroatoms. The summed E-state index contributed by atoms with van der Waals surface area (Å²) in [6, 6.07) is 7.03. The zero-order valence-corrected chi connectivity index (χ0v) is 15.0. The topological polar surface area (TPSA) is 18.5 Å². The minimum absolute atomic E-state index is 0.380. The van der Waals surface area contributed by atoms with Crippen molar-refractivity contribution in [1.29, 1.82) is 0 Å². The quantitative estimate of drug-likeness (QED) is 0.780. The maximum absolute atomic E-state index is 3.71. The Morgan fingerprint density at radius 3 is 2.45 bits per heavy atom. The summed E-state index contributed by atoms with van der Waals surface area (Å²) in [6.07, 6.45) is 1.16. The molecule has 0 radical (unpaired) electrons. The van der Waals surface area contributed by atoms with Gasteiger partial charge in [0.1, 0.15) is 0 Å². The van der Waals surface area contributed by atoms with Crippen molar-refractivity contribution < 1.29 is 0 Å². The second-order valence-electron chi connectivity index (χ2n) is 5.61. The van der Waals surface area contributed by atoms with Crippen LogP contribution in [-0.2, 0) is 0 Å². The number of hydrogen-bond acceptors (Lipinski definition) is 3. The highest BCUT2D eigenvalue weighted by Gasteiger charge is 2.10. The normalized spacial score (nSPS) is 12.8. The van der Waals surface area contributed by atoms with Crippen LogP contribution in [0.25, 0.3) is 0 Å². The van der Waals surface area contributed by atoms with E-state index in [4.69, 9.17) is 0 Å². The molecule has 20 heavy (non-hydrogen) atoms. The third-order valence-electron chi connectivity index (χ3n) is 3.47. The van der Waals surface area contributed by atoms with Gasteiger partial charge in [0.25, 0.3) is 0 Å². The van der Waals surface area contributed by atoms with Crippen LogP contribution in [-0.4, -0.2) is 45.7 Å². The van der Waals surface area contributed by atoms with Crippen LogP contribution in [0.15, 0.2) is 22.7 Å². The average Bonchev–Trinajstić information content (AvgIpc) is 2.41. The van der Waals surface area contributed by atoms with Gasteiger partial charge in [-0.15, -0.1) is 0 Å². The standard InChI is InChI=1S/C16H28BrN3/c1-6-9-18-13(2)15-8-7-14(12-16(15)17)20(5)11-10-19(3)4/h7-8,12-13,18H,6,9-11H2,1-5H3. The van der Waals surface area contributed by atoms with Gasteiger partial charge in [0, 0.05) is 36.3 Å². The molecule has 0 bridgehead atoms. The summed E-state index contributed by atoms with van der Waals surface area (Å²) in [5.41, 5.74) is 2.58. The van der Waals surface area contributed by atoms with Gasteiger partial charge >= 0.3 is 0 Å². The second kappa shape index (κ2) is 8.65. The summed E-state index contributed by atoms with van der Waals surface area (Å²) in [4.78, 5) is 4.50. The molecule has 0 aliphatic rings. The molecule has 0 heterocycles. The van der Waals surface area contributed by atoms with Crippen molar-refractivity contribution in [3.63, 3.8) is 0 Å². The molecule has 0 aliphatic carbocycles. The molecule has 1 atom stereocenters. The summed E-state index contributed by atoms with van der Waals surface area (Å²) < 4.78 is 1.18. The Morgan fingerprint density at radius 2 is 1.90 bits per heavy atom. The van der Waals surface area contributed by atoms with E-state index in [0.717, 1.165) is 26.1 Å². The van der Waals surface area contributed by atoms with E-state index in [0.29, 0.717) is 6.04 Å². The Balaban J connectivity index is 2.71. The predicted molar refractivity (Wildman–Crippen MR) is 92.7 cm³/mol. The molecule has 0 saturated carbocycles. The van der Waals surface area contributed by atoms with E-state index in [1.165, 1.54) is 15.7 Å². The third kappa shape index (κ3) is 5.43. The van der Waals surface area contributed by atoms with Crippen molar-refractivity contribution in [1.82, 2.24) is 10.2 Å². The lowest BCUT2D eigenvalue weighted by Gasteiger charge is -2.23. The highest BCUT2D eigenvalue weighted by atomic mass is 79.9. The fourth-order valence-corrected chi connectivity index (χ4v) is 2.76. The van der Waals surface area contributed by atoms with Crippen LogP contribution in [0.5, 0.6) is 0 Å². The van der Waals surface area contributed by atoms with Crippen LogP contribution in [0.1, 0.15) is 31.9 Å². The van der Waals surface area contributed by atoms with Gasteiger partial charge in [-0.25, -0.2) is 0 Å². The molecule has 114 valence electrons. The van der Waals surface area contributed by atoms with Gasteiger partial charge in [0.2, 0.25) is 0 Å². The number of anilines is 1. The van der Waals surface area contributed by atoms with Crippen molar-refractivity contribution in [2.75, 3.05) is 45.7 Å². The van der Waals surface area contributed by atoms with Crippen molar-refractivity contribution in [3.05, 3.63) is 28.2 Å². The first-order valence-corrected chi connectivity index (χ1v) is 8.13. The summed E-state index contributed by atoms with van der Waals surface area (Å²) in [7, 11) is 6.35. The minimum Gasteiger partial charge on any atom is -0.373 e. The Kier molecular flexibility index (Phi) is 7.56. The van der Waals surface area contributed by atoms with Crippen molar-refractivity contribution in [3.8, 4) is 0 Å². The lowest BCUT2D eigenvalue weighted by Crippen LogP contribution is -2.28. The van der Waals surface area contributed by atoms with Gasteiger partial charge < -0.3 is 15.1 Å². The number of halogens is 1. The molecule has 0 saturated heterocycles. The highest BCUT2D eigenvalue weighted by Crippen LogP contribution is 2.28. The van der Waals surface area contributed by atoms with Crippen LogP contribution in [0.2, 0.25) is 0 Å². The average molecular weight is 342 g/mol. The Hall–Kier alpha value is -0.580. The summed E-state index contributed by atoms with van der Waals surface area (Å²) in [5, 5.41) is 3.53. The zero-order chi connectivity index (χ0) is 15.1. The Labute approximate surface area is 132 Å². The molecule has 1 unspecified atom stereocenters. The van der Waals surface area contributed by atoms with Crippen LogP contribution >= 0.6 is 15.9 Å². The zero-order valence-electron chi connectivity index (χ0n) is 13.4. The second-order valence-corrected chi connectivity index (χ2v) is 6.46. The molecule has 0 aliphatic heterocycles. The van der Waals surface area contributed by atoms with E-state index in [1.807, 2.05) is 0 Å². The minimum atomic E-state index is 0.380. The van der Waals surface area contributed by atoms with E-state index in [2.05, 4.69) is 84.2 Å². The molecule has 1 rings (SSSR count). The number of nitrogens with one attached hydrogen (secondary N) is 1. The Bertz CT molecular complexity index is 407. The van der Waals surface area contributed by atoms with Gasteiger partial charge in [-0.05, 0) is 51.7 Å². The summed E-state index contributed by atoms with van der Waals surface area (Å²) in [6.45, 7) is 7.55. The molecule has 0 spiro atoms. The van der Waals surface area contributed by atoms with Gasteiger partial charge in [-0.3, -0.25) is 0 Å². The molecule has 1 aromatic rings. The number of nitrogens with zero attached hydrogens (tertiary/aromatic N) is 2. The monoisotopic (exact) mass is 341 g/mol. The van der Waals surface area contributed by atoms with Gasteiger partial charge in [-0.2, -0.15) is 0 Å². The maximum atomic E-state index is 3.71. The Morgan fingerprint density at radius 1 is 1.20 bits per heavy atom. The first-order chi connectivity index (χ1) is 9.45. The fraction of sp³-hybridized carbons (Fsp3) is 0.625. The van der Waals surface area contributed by atoms with Crippen LogP contribution in [0.3, 0.4) is 0 Å². The van der Waals surface area contributed by atoms with Crippen molar-refractivity contribution in [2.45, 2.75) is 26.3 Å². The largest absolute Gasteiger partial charge is 0.373 e. The molecule has 1 aromatic carbocycles. The van der Waals surface area contributed by atoms with E-state index >= 15 is 0 Å². The van der Waals surface area contributed by atoms with Gasteiger partial charge in [-0.1, -0.05) is 28.9 Å². The van der Waals surface area contributed by atoms with Gasteiger partial charge in [0.05, 0.1) is 0 Å². The molecule has 1 N–H and O–H groups in total. The van der Waals surface area contributed by atoms with E-state index in [1.54, 1.807) is 0 Å². The van der Waals surface area contributed by atoms with Crippen LogP contribution in [0.4, 0.5) is 5.69 Å². The third-order valence-corrected chi connectivity index (χ3v) is 4.16. The summed E-state index contributed by atoms with van der Waals surface area (Å²) >= 11 is 3.71. The van der Waals surface area contributed by atoms with Crippen LogP contribution in [0, 0.1) is 0 Å². The van der Waals surface area contributed by atoms with Crippen LogP contribution < -0.4 is 10.2 Å². The smallest absolute Gasteiger partial charge is 0.0375 e. The van der Waals surface area contributed by atoms with E-state index < -0.39 is 0 Å². The predicted octanol–water partition coefficient (Wildman–Crippen LogP) is 3.51. The van der Waals surface area contributed by atoms with E-state index in [-0.39, 0.29) is 0 Å². The fourth-order valence-electron chi connectivity index (χ4n) is 2.05. The van der Waals surface area contributed by atoms with Crippen molar-refractivity contribution in [2.24, 2.45) is 0 Å². The molecule has 3 nitrogen and oxygen atoms in total. The first-order valence-electron chi connectivity index (χ1n) is 7.34. The number of benzene rings is 1. The molecular weight excluding hydrogens is 314 g/mol.